The zero-order valence-electron chi connectivity index (χ0n) is 13.9. The van der Waals surface area contributed by atoms with E-state index in [-0.39, 0.29) is 30.3 Å². The Hall–Kier alpha value is -0.710. The smallest absolute Gasteiger partial charge is 0.223 e. The van der Waals surface area contributed by atoms with Gasteiger partial charge >= 0.3 is 0 Å². The number of halogens is 1. The van der Waals surface area contributed by atoms with Crippen molar-refractivity contribution in [3.8, 4) is 0 Å². The third kappa shape index (κ3) is 3.47. The number of rotatable bonds is 2. The van der Waals surface area contributed by atoms with E-state index in [1.54, 1.807) is 0 Å². The minimum absolute atomic E-state index is 0. The lowest BCUT2D eigenvalue weighted by Gasteiger charge is -2.43. The maximum atomic E-state index is 12.9. The standard InChI is InChI=1S/C19H26N2OS.ClH/c20-18-12-4-3-5-13(18)11-14(10-12)19(22)21-16-8-9-23-17-7-2-1-6-15(16)17;/h1-2,6-7,12-14,16,18H,3-5,8-11,20H2,(H,21,22);1H. The highest BCUT2D eigenvalue weighted by molar-refractivity contribution is 7.99. The van der Waals surface area contributed by atoms with E-state index in [9.17, 15) is 4.79 Å². The van der Waals surface area contributed by atoms with Crippen LogP contribution in [0.25, 0.3) is 0 Å². The second-order valence-electron chi connectivity index (χ2n) is 7.43. The summed E-state index contributed by atoms with van der Waals surface area (Å²) in [4.78, 5) is 14.2. The van der Waals surface area contributed by atoms with Gasteiger partial charge in [0.05, 0.1) is 6.04 Å². The molecule has 3 aliphatic rings. The van der Waals surface area contributed by atoms with Crippen LogP contribution in [-0.4, -0.2) is 17.7 Å². The molecule has 4 rings (SSSR count). The van der Waals surface area contributed by atoms with Gasteiger partial charge in [-0.3, -0.25) is 4.79 Å². The van der Waals surface area contributed by atoms with Crippen LogP contribution in [0.15, 0.2) is 29.2 Å². The molecule has 1 aromatic carbocycles. The van der Waals surface area contributed by atoms with E-state index in [2.05, 4.69) is 29.6 Å². The average molecular weight is 367 g/mol. The van der Waals surface area contributed by atoms with Crippen LogP contribution in [0, 0.1) is 17.8 Å². The average Bonchev–Trinajstić information content (AvgIpc) is 2.55. The van der Waals surface area contributed by atoms with Gasteiger partial charge in [-0.05, 0) is 55.6 Å². The fraction of sp³-hybridized carbons (Fsp3) is 0.632. The largest absolute Gasteiger partial charge is 0.349 e. The second-order valence-corrected chi connectivity index (χ2v) is 8.57. The van der Waals surface area contributed by atoms with Gasteiger partial charge in [-0.15, -0.1) is 24.2 Å². The predicted molar refractivity (Wildman–Crippen MR) is 101 cm³/mol. The summed E-state index contributed by atoms with van der Waals surface area (Å²) in [6, 6.07) is 9.02. The van der Waals surface area contributed by atoms with E-state index in [4.69, 9.17) is 5.73 Å². The van der Waals surface area contributed by atoms with Gasteiger partial charge in [-0.2, -0.15) is 0 Å². The molecule has 2 fully saturated rings. The van der Waals surface area contributed by atoms with E-state index in [0.29, 0.717) is 17.9 Å². The molecule has 3 atom stereocenters. The van der Waals surface area contributed by atoms with Crippen molar-refractivity contribution >= 4 is 30.1 Å². The van der Waals surface area contributed by atoms with Crippen molar-refractivity contribution in [1.82, 2.24) is 5.32 Å². The van der Waals surface area contributed by atoms with Crippen LogP contribution in [-0.2, 0) is 4.79 Å². The molecule has 0 spiro atoms. The first-order valence-electron chi connectivity index (χ1n) is 9.00. The lowest BCUT2D eigenvalue weighted by atomic mass is 9.65. The quantitative estimate of drug-likeness (QED) is 0.834. The van der Waals surface area contributed by atoms with Crippen molar-refractivity contribution in [2.75, 3.05) is 5.75 Å². The Morgan fingerprint density at radius 2 is 1.83 bits per heavy atom. The molecule has 0 radical (unpaired) electrons. The van der Waals surface area contributed by atoms with Crippen LogP contribution in [0.1, 0.15) is 50.1 Å². The molecule has 1 amide bonds. The number of fused-ring (bicyclic) bond motifs is 3. The minimum atomic E-state index is 0. The summed E-state index contributed by atoms with van der Waals surface area (Å²) in [6.07, 6.45) is 6.74. The van der Waals surface area contributed by atoms with E-state index in [1.807, 2.05) is 11.8 Å². The number of carbonyl (C=O) groups excluding carboxylic acids is 1. The number of nitrogens with one attached hydrogen (secondary N) is 1. The SMILES string of the molecule is Cl.NC1C2CCCC1CC(C(=O)NC1CCSc3ccccc31)C2. The van der Waals surface area contributed by atoms with Gasteiger partial charge in [0, 0.05) is 22.6 Å². The van der Waals surface area contributed by atoms with Crippen molar-refractivity contribution in [1.29, 1.82) is 0 Å². The van der Waals surface area contributed by atoms with Crippen LogP contribution in [0.3, 0.4) is 0 Å². The minimum Gasteiger partial charge on any atom is -0.349 e. The van der Waals surface area contributed by atoms with Crippen LogP contribution in [0.4, 0.5) is 0 Å². The van der Waals surface area contributed by atoms with Crippen LogP contribution < -0.4 is 11.1 Å². The Labute approximate surface area is 154 Å². The van der Waals surface area contributed by atoms with Crippen LogP contribution in [0.2, 0.25) is 0 Å². The van der Waals surface area contributed by atoms with Gasteiger partial charge in [0.15, 0.2) is 0 Å². The third-order valence-corrected chi connectivity index (χ3v) is 7.18. The fourth-order valence-electron chi connectivity index (χ4n) is 4.78. The molecule has 1 aliphatic heterocycles. The molecule has 132 valence electrons. The third-order valence-electron chi connectivity index (χ3n) is 6.06. The van der Waals surface area contributed by atoms with Gasteiger partial charge in [-0.1, -0.05) is 24.6 Å². The van der Waals surface area contributed by atoms with Gasteiger partial charge in [0.25, 0.3) is 0 Å². The summed E-state index contributed by atoms with van der Waals surface area (Å²) in [5, 5.41) is 3.36. The Balaban J connectivity index is 0.00000169. The lowest BCUT2D eigenvalue weighted by Crippen LogP contribution is -2.49. The van der Waals surface area contributed by atoms with Crippen molar-refractivity contribution in [2.24, 2.45) is 23.5 Å². The van der Waals surface area contributed by atoms with Crippen molar-refractivity contribution in [3.05, 3.63) is 29.8 Å². The first-order chi connectivity index (χ1) is 11.2. The number of hydrogen-bond acceptors (Lipinski definition) is 3. The monoisotopic (exact) mass is 366 g/mol. The second kappa shape index (κ2) is 7.67. The predicted octanol–water partition coefficient (Wildman–Crippen LogP) is 3.92. The number of hydrogen-bond donors (Lipinski definition) is 2. The summed E-state index contributed by atoms with van der Waals surface area (Å²) in [5.74, 6) is 2.65. The molecule has 2 aliphatic carbocycles. The first-order valence-corrected chi connectivity index (χ1v) is 9.98. The molecule has 3 N–H and O–H groups in total. The molecule has 2 bridgehead atoms. The normalized spacial score (nSPS) is 34.6. The highest BCUT2D eigenvalue weighted by Gasteiger charge is 2.41. The Morgan fingerprint density at radius 3 is 2.58 bits per heavy atom. The summed E-state index contributed by atoms with van der Waals surface area (Å²) in [6.45, 7) is 0. The number of benzene rings is 1. The van der Waals surface area contributed by atoms with Crippen LogP contribution >= 0.6 is 24.2 Å². The molecule has 24 heavy (non-hydrogen) atoms. The maximum absolute atomic E-state index is 12.9. The molecule has 0 aromatic heterocycles. The summed E-state index contributed by atoms with van der Waals surface area (Å²) < 4.78 is 0. The number of amides is 1. The van der Waals surface area contributed by atoms with E-state index in [1.165, 1.54) is 29.7 Å². The molecular weight excluding hydrogens is 340 g/mol. The zero-order chi connectivity index (χ0) is 15.8. The van der Waals surface area contributed by atoms with Gasteiger partial charge < -0.3 is 11.1 Å². The summed E-state index contributed by atoms with van der Waals surface area (Å²) in [7, 11) is 0. The van der Waals surface area contributed by atoms with E-state index in [0.717, 1.165) is 25.0 Å². The summed E-state index contributed by atoms with van der Waals surface area (Å²) >= 11 is 1.90. The van der Waals surface area contributed by atoms with Crippen molar-refractivity contribution in [3.63, 3.8) is 0 Å². The molecule has 1 heterocycles. The molecule has 2 saturated carbocycles. The van der Waals surface area contributed by atoms with Gasteiger partial charge in [0.1, 0.15) is 0 Å². The van der Waals surface area contributed by atoms with Crippen molar-refractivity contribution in [2.45, 2.75) is 55.5 Å². The number of carbonyl (C=O) groups is 1. The number of nitrogens with two attached hydrogens (primary N) is 1. The Morgan fingerprint density at radius 1 is 1.12 bits per heavy atom. The molecule has 3 nitrogen and oxygen atoms in total. The first kappa shape index (κ1) is 18.1. The molecule has 3 unspecified atom stereocenters. The van der Waals surface area contributed by atoms with Crippen LogP contribution in [0.5, 0.6) is 0 Å². The fourth-order valence-corrected chi connectivity index (χ4v) is 5.91. The van der Waals surface area contributed by atoms with Crippen molar-refractivity contribution < 1.29 is 4.79 Å². The van der Waals surface area contributed by atoms with Gasteiger partial charge in [0.2, 0.25) is 5.91 Å². The number of thioether (sulfide) groups is 1. The highest BCUT2D eigenvalue weighted by Crippen LogP contribution is 2.42. The lowest BCUT2D eigenvalue weighted by molar-refractivity contribution is -0.128. The summed E-state index contributed by atoms with van der Waals surface area (Å²) in [5.41, 5.74) is 7.66. The molecule has 1 aromatic rings. The molecule has 5 heteroatoms. The highest BCUT2D eigenvalue weighted by atomic mass is 35.5. The van der Waals surface area contributed by atoms with E-state index >= 15 is 0 Å². The topological polar surface area (TPSA) is 55.1 Å². The molecule has 0 saturated heterocycles. The zero-order valence-corrected chi connectivity index (χ0v) is 15.6. The van der Waals surface area contributed by atoms with E-state index < -0.39 is 0 Å². The molecular formula is C19H27ClN2OS. The van der Waals surface area contributed by atoms with Gasteiger partial charge in [-0.25, -0.2) is 0 Å². The maximum Gasteiger partial charge on any atom is 0.223 e. The Bertz CT molecular complexity index is 582. The Kier molecular flexibility index (Phi) is 5.78.